The molecule has 5 heteroatoms. The summed E-state index contributed by atoms with van der Waals surface area (Å²) in [6, 6.07) is 3.72. The maximum Gasteiger partial charge on any atom is 0.124 e. The molecular formula is C11H15N3O2. The van der Waals surface area contributed by atoms with Gasteiger partial charge in [0.25, 0.3) is 0 Å². The van der Waals surface area contributed by atoms with E-state index in [1.807, 2.05) is 26.0 Å². The Bertz CT molecular complexity index is 425. The summed E-state index contributed by atoms with van der Waals surface area (Å²) >= 11 is 0. The summed E-state index contributed by atoms with van der Waals surface area (Å²) in [5, 5.41) is 13.2. The van der Waals surface area contributed by atoms with Crippen molar-refractivity contribution in [3.05, 3.63) is 39.3 Å². The summed E-state index contributed by atoms with van der Waals surface area (Å²) in [5.74, 6) is 0.615. The van der Waals surface area contributed by atoms with Crippen molar-refractivity contribution in [3.8, 4) is 5.75 Å². The van der Waals surface area contributed by atoms with Crippen LogP contribution in [0.1, 0.15) is 22.8 Å². The molecule has 0 bridgehead atoms. The fourth-order valence-electron chi connectivity index (χ4n) is 1.46. The van der Waals surface area contributed by atoms with Crippen LogP contribution in [0.25, 0.3) is 10.4 Å². The van der Waals surface area contributed by atoms with E-state index in [0.29, 0.717) is 11.3 Å². The number of methoxy groups -OCH3 is 1. The summed E-state index contributed by atoms with van der Waals surface area (Å²) in [5.41, 5.74) is 11.0. The molecule has 1 rings (SSSR count). The Labute approximate surface area is 94.3 Å². The van der Waals surface area contributed by atoms with Gasteiger partial charge >= 0.3 is 0 Å². The normalized spacial score (nSPS) is 11.8. The topological polar surface area (TPSA) is 78.2 Å². The van der Waals surface area contributed by atoms with Gasteiger partial charge in [-0.05, 0) is 42.6 Å². The predicted octanol–water partition coefficient (Wildman–Crippen LogP) is 2.66. The summed E-state index contributed by atoms with van der Waals surface area (Å²) < 4.78 is 5.19. The zero-order chi connectivity index (χ0) is 12.1. The number of aryl methyl sites for hydroxylation is 2. The zero-order valence-corrected chi connectivity index (χ0v) is 9.64. The lowest BCUT2D eigenvalue weighted by molar-refractivity contribution is 0.182. The van der Waals surface area contributed by atoms with Crippen LogP contribution in [-0.2, 0) is 0 Å². The fraction of sp³-hybridized carbons (Fsp3) is 0.455. The first kappa shape index (κ1) is 12.4. The van der Waals surface area contributed by atoms with Gasteiger partial charge in [0.15, 0.2) is 0 Å². The van der Waals surface area contributed by atoms with Gasteiger partial charge in [0, 0.05) is 10.5 Å². The highest BCUT2D eigenvalue weighted by molar-refractivity contribution is 5.43. The van der Waals surface area contributed by atoms with Crippen LogP contribution < -0.4 is 4.74 Å². The number of hydrogen-bond acceptors (Lipinski definition) is 3. The maximum absolute atomic E-state index is 9.83. The number of aliphatic hydroxyl groups is 1. The third kappa shape index (κ3) is 2.66. The molecule has 0 aliphatic carbocycles. The number of aliphatic hydroxyl groups excluding tert-OH is 1. The van der Waals surface area contributed by atoms with Gasteiger partial charge in [0.2, 0.25) is 0 Å². The fourth-order valence-corrected chi connectivity index (χ4v) is 1.46. The first-order chi connectivity index (χ1) is 7.60. The Morgan fingerprint density at radius 1 is 1.44 bits per heavy atom. The highest BCUT2D eigenvalue weighted by Gasteiger charge is 2.13. The Morgan fingerprint density at radius 3 is 2.62 bits per heavy atom. The van der Waals surface area contributed by atoms with Gasteiger partial charge in [0.05, 0.1) is 19.8 Å². The van der Waals surface area contributed by atoms with Crippen molar-refractivity contribution in [2.24, 2.45) is 5.11 Å². The summed E-state index contributed by atoms with van der Waals surface area (Å²) in [4.78, 5) is 2.62. The van der Waals surface area contributed by atoms with Crippen LogP contribution >= 0.6 is 0 Å². The monoisotopic (exact) mass is 221 g/mol. The molecule has 0 amide bonds. The lowest BCUT2D eigenvalue weighted by atomic mass is 10.0. The van der Waals surface area contributed by atoms with Crippen molar-refractivity contribution in [1.82, 2.24) is 0 Å². The van der Waals surface area contributed by atoms with E-state index in [9.17, 15) is 5.11 Å². The van der Waals surface area contributed by atoms with E-state index in [2.05, 4.69) is 10.0 Å². The molecule has 1 unspecified atom stereocenters. The molecule has 0 spiro atoms. The molecule has 1 N–H and O–H groups in total. The number of hydrogen-bond donors (Lipinski definition) is 1. The molecule has 1 atom stereocenters. The third-order valence-electron chi connectivity index (χ3n) is 2.52. The minimum atomic E-state index is -0.829. The molecule has 1 aromatic carbocycles. The molecule has 0 fully saturated rings. The Hall–Kier alpha value is -1.71. The van der Waals surface area contributed by atoms with Crippen molar-refractivity contribution < 1.29 is 9.84 Å². The van der Waals surface area contributed by atoms with Crippen molar-refractivity contribution in [2.75, 3.05) is 13.7 Å². The number of ether oxygens (including phenoxy) is 1. The predicted molar refractivity (Wildman–Crippen MR) is 61.4 cm³/mol. The SMILES string of the molecule is COc1cc(C)c(C)cc1C(O)CN=[N+]=[N-]. The van der Waals surface area contributed by atoms with Gasteiger partial charge in [-0.25, -0.2) is 0 Å². The molecule has 0 aromatic heterocycles. The second-order valence-corrected chi connectivity index (χ2v) is 3.61. The molecule has 16 heavy (non-hydrogen) atoms. The van der Waals surface area contributed by atoms with E-state index in [0.717, 1.165) is 11.1 Å². The van der Waals surface area contributed by atoms with Crippen molar-refractivity contribution >= 4 is 0 Å². The van der Waals surface area contributed by atoms with Crippen molar-refractivity contribution in [1.29, 1.82) is 0 Å². The number of nitrogens with zero attached hydrogens (tertiary/aromatic N) is 3. The smallest absolute Gasteiger partial charge is 0.124 e. The second kappa shape index (κ2) is 5.39. The van der Waals surface area contributed by atoms with Gasteiger partial charge in [-0.2, -0.15) is 0 Å². The highest BCUT2D eigenvalue weighted by Crippen LogP contribution is 2.28. The van der Waals surface area contributed by atoms with Gasteiger partial charge in [-0.1, -0.05) is 5.11 Å². The molecule has 1 aromatic rings. The third-order valence-corrected chi connectivity index (χ3v) is 2.52. The van der Waals surface area contributed by atoms with Gasteiger partial charge < -0.3 is 9.84 Å². The first-order valence-corrected chi connectivity index (χ1v) is 4.94. The van der Waals surface area contributed by atoms with Crippen LogP contribution in [0.15, 0.2) is 17.2 Å². The molecule has 5 nitrogen and oxygen atoms in total. The van der Waals surface area contributed by atoms with Crippen molar-refractivity contribution in [3.63, 3.8) is 0 Å². The molecular weight excluding hydrogens is 206 g/mol. The average Bonchev–Trinajstić information content (AvgIpc) is 2.28. The summed E-state index contributed by atoms with van der Waals surface area (Å²) in [6.07, 6.45) is -0.829. The lowest BCUT2D eigenvalue weighted by Gasteiger charge is -2.15. The van der Waals surface area contributed by atoms with Crippen LogP contribution in [0.3, 0.4) is 0 Å². The molecule has 0 aliphatic rings. The highest BCUT2D eigenvalue weighted by atomic mass is 16.5. The Kier molecular flexibility index (Phi) is 4.17. The zero-order valence-electron chi connectivity index (χ0n) is 9.64. The molecule has 0 radical (unpaired) electrons. The molecule has 0 heterocycles. The number of rotatable bonds is 4. The van der Waals surface area contributed by atoms with Crippen LogP contribution in [0.5, 0.6) is 5.75 Å². The van der Waals surface area contributed by atoms with Crippen LogP contribution in [-0.4, -0.2) is 18.8 Å². The van der Waals surface area contributed by atoms with Crippen LogP contribution in [0.2, 0.25) is 0 Å². The maximum atomic E-state index is 9.83. The number of azide groups is 1. The van der Waals surface area contributed by atoms with Gasteiger partial charge in [-0.15, -0.1) is 0 Å². The van der Waals surface area contributed by atoms with E-state index in [4.69, 9.17) is 10.3 Å². The van der Waals surface area contributed by atoms with E-state index in [-0.39, 0.29) is 6.54 Å². The standard InChI is InChI=1S/C11H15N3O2/c1-7-4-9(10(15)6-13-14-12)11(16-3)5-8(7)2/h4-5,10,15H,6H2,1-3H3. The van der Waals surface area contributed by atoms with E-state index in [1.165, 1.54) is 0 Å². The molecule has 0 saturated heterocycles. The van der Waals surface area contributed by atoms with Crippen LogP contribution in [0.4, 0.5) is 0 Å². The quantitative estimate of drug-likeness (QED) is 0.482. The minimum Gasteiger partial charge on any atom is -0.496 e. The van der Waals surface area contributed by atoms with E-state index in [1.54, 1.807) is 7.11 Å². The minimum absolute atomic E-state index is 0.00929. The van der Waals surface area contributed by atoms with E-state index < -0.39 is 6.10 Å². The summed E-state index contributed by atoms with van der Waals surface area (Å²) in [6.45, 7) is 3.94. The molecule has 0 aliphatic heterocycles. The lowest BCUT2D eigenvalue weighted by Crippen LogP contribution is -2.04. The molecule has 86 valence electrons. The Morgan fingerprint density at radius 2 is 2.06 bits per heavy atom. The van der Waals surface area contributed by atoms with Gasteiger partial charge in [0.1, 0.15) is 5.75 Å². The van der Waals surface area contributed by atoms with Crippen molar-refractivity contribution in [2.45, 2.75) is 20.0 Å². The van der Waals surface area contributed by atoms with E-state index >= 15 is 0 Å². The van der Waals surface area contributed by atoms with Gasteiger partial charge in [-0.3, -0.25) is 0 Å². The average molecular weight is 221 g/mol. The van der Waals surface area contributed by atoms with Crippen LogP contribution in [0, 0.1) is 13.8 Å². The second-order valence-electron chi connectivity index (χ2n) is 3.61. The largest absolute Gasteiger partial charge is 0.496 e. The number of benzene rings is 1. The first-order valence-electron chi connectivity index (χ1n) is 4.94. The Balaban J connectivity index is 3.10. The molecule has 0 saturated carbocycles. The summed E-state index contributed by atoms with van der Waals surface area (Å²) in [7, 11) is 1.55.